The number of anilines is 1. The first-order valence-corrected chi connectivity index (χ1v) is 10.9. The molecule has 0 bridgehead atoms. The Balaban J connectivity index is 1.95. The first-order chi connectivity index (χ1) is 16.0. The molecule has 16 heteroatoms. The Morgan fingerprint density at radius 3 is 2.46 bits per heavy atom. The Hall–Kier alpha value is -3.40. The zero-order valence-corrected chi connectivity index (χ0v) is 18.6. The molecule has 2 N–H and O–H groups in total. The van der Waals surface area contributed by atoms with Crippen molar-refractivity contribution in [3.8, 4) is 11.3 Å². The second-order valence-electron chi connectivity index (χ2n) is 7.28. The molecule has 1 atom stereocenters. The third-order valence-electron chi connectivity index (χ3n) is 4.55. The zero-order chi connectivity index (χ0) is 26.3. The maximum absolute atomic E-state index is 13.2. The lowest BCUT2D eigenvalue weighted by Crippen LogP contribution is -2.30. The van der Waals surface area contributed by atoms with Gasteiger partial charge in [0.25, 0.3) is 10.1 Å². The van der Waals surface area contributed by atoms with Gasteiger partial charge in [-0.05, 0) is 31.5 Å². The fraction of sp³-hybridized carbons (Fsp3) is 0.316. The van der Waals surface area contributed by atoms with Gasteiger partial charge in [0.15, 0.2) is 17.2 Å². The van der Waals surface area contributed by atoms with Crippen LogP contribution in [0.1, 0.15) is 18.2 Å². The van der Waals surface area contributed by atoms with Crippen molar-refractivity contribution in [2.75, 3.05) is 12.3 Å². The number of ether oxygens (including phenoxy) is 1. The van der Waals surface area contributed by atoms with Gasteiger partial charge in [0.2, 0.25) is 0 Å². The molecule has 2 aromatic heterocycles. The Kier molecular flexibility index (Phi) is 6.73. The highest BCUT2D eigenvalue weighted by Crippen LogP contribution is 2.33. The average molecular weight is 526 g/mol. The molecule has 0 saturated carbocycles. The first kappa shape index (κ1) is 26.2. The van der Waals surface area contributed by atoms with Crippen molar-refractivity contribution >= 4 is 27.6 Å². The van der Waals surface area contributed by atoms with E-state index in [1.807, 2.05) is 0 Å². The van der Waals surface area contributed by atoms with Gasteiger partial charge < -0.3 is 10.5 Å². The summed E-state index contributed by atoms with van der Waals surface area (Å²) in [5, 5.41) is 0. The van der Waals surface area contributed by atoms with Crippen LogP contribution in [0.3, 0.4) is 0 Å². The lowest BCUT2D eigenvalue weighted by Gasteiger charge is -2.15. The van der Waals surface area contributed by atoms with E-state index in [0.29, 0.717) is 11.8 Å². The van der Waals surface area contributed by atoms with Gasteiger partial charge in [0.1, 0.15) is 12.7 Å². The van der Waals surface area contributed by atoms with Gasteiger partial charge in [0, 0.05) is 11.8 Å². The molecule has 0 fully saturated rings. The van der Waals surface area contributed by atoms with Crippen LogP contribution < -0.4 is 5.73 Å². The summed E-state index contributed by atoms with van der Waals surface area (Å²) < 4.78 is 111. The molecule has 0 aliphatic heterocycles. The summed E-state index contributed by atoms with van der Waals surface area (Å²) in [6.45, 7) is 1.62. The minimum absolute atomic E-state index is 0.0568. The van der Waals surface area contributed by atoms with Gasteiger partial charge >= 0.3 is 18.3 Å². The minimum atomic E-state index is -5.26. The van der Waals surface area contributed by atoms with Crippen LogP contribution in [0.25, 0.3) is 16.9 Å². The van der Waals surface area contributed by atoms with Crippen molar-refractivity contribution < 1.29 is 48.5 Å². The molecule has 0 aliphatic carbocycles. The monoisotopic (exact) mass is 526 g/mol. The molecule has 0 radical (unpaired) electrons. The van der Waals surface area contributed by atoms with Crippen LogP contribution in [0.5, 0.6) is 0 Å². The number of benzene rings is 1. The number of esters is 1. The van der Waals surface area contributed by atoms with E-state index in [4.69, 9.17) is 9.92 Å². The van der Waals surface area contributed by atoms with E-state index >= 15 is 0 Å². The average Bonchev–Trinajstić information content (AvgIpc) is 3.15. The Labute approximate surface area is 193 Å². The molecule has 3 rings (SSSR count). The molecule has 0 aliphatic rings. The number of halogens is 6. The van der Waals surface area contributed by atoms with Crippen molar-refractivity contribution in [1.29, 1.82) is 0 Å². The number of aromatic nitrogens is 3. The van der Waals surface area contributed by atoms with Gasteiger partial charge in [-0.15, -0.1) is 0 Å². The Bertz CT molecular complexity index is 1380. The predicted octanol–water partition coefficient (Wildman–Crippen LogP) is 3.51. The number of carbonyl (C=O) groups excluding carboxylic acids is 1. The third kappa shape index (κ3) is 5.64. The maximum atomic E-state index is 13.2. The lowest BCUT2D eigenvalue weighted by atomic mass is 10.1. The van der Waals surface area contributed by atoms with E-state index in [-0.39, 0.29) is 16.9 Å². The van der Waals surface area contributed by atoms with E-state index in [9.17, 15) is 39.6 Å². The molecule has 0 amide bonds. The van der Waals surface area contributed by atoms with Crippen molar-refractivity contribution in [3.05, 3.63) is 41.9 Å². The maximum Gasteiger partial charge on any atom is 0.490 e. The van der Waals surface area contributed by atoms with Gasteiger partial charge in [0.05, 0.1) is 16.8 Å². The van der Waals surface area contributed by atoms with Crippen molar-refractivity contribution in [1.82, 2.24) is 14.4 Å². The summed E-state index contributed by atoms with van der Waals surface area (Å²) in [7, 11) is -4.59. The second kappa shape index (κ2) is 8.99. The zero-order valence-electron chi connectivity index (χ0n) is 17.8. The molecule has 35 heavy (non-hydrogen) atoms. The summed E-state index contributed by atoms with van der Waals surface area (Å²) in [4.78, 5) is 17.6. The number of nitrogens with two attached hydrogens (primary N) is 1. The molecule has 3 aromatic rings. The summed E-state index contributed by atoms with van der Waals surface area (Å²) in [5.74, 6) is -3.01. The highest BCUT2D eigenvalue weighted by Gasteiger charge is 2.41. The fourth-order valence-electron chi connectivity index (χ4n) is 2.95. The number of nitrogen functional groups attached to an aromatic ring is 1. The van der Waals surface area contributed by atoms with Crippen molar-refractivity contribution in [2.24, 2.45) is 0 Å². The summed E-state index contributed by atoms with van der Waals surface area (Å²) in [6, 6.07) is 3.56. The standard InChI is InChI=1S/C19H16F6N4O5S/c1-9-3-4-11(35(31,32)34-10(2)8-33-17(30)19(23,24)25)5-12(9)13-6-27-16-15(26)28-14(7-29(13)16)18(20,21)22/h3-7,10H,8H2,1-2H3,(H2,26,28). The smallest absolute Gasteiger partial charge is 0.456 e. The van der Waals surface area contributed by atoms with E-state index in [2.05, 4.69) is 14.7 Å². The fourth-order valence-corrected chi connectivity index (χ4v) is 4.05. The molecular formula is C19H16F6N4O5S. The molecule has 1 aromatic carbocycles. The third-order valence-corrected chi connectivity index (χ3v) is 5.97. The largest absolute Gasteiger partial charge is 0.490 e. The number of carbonyl (C=O) groups is 1. The minimum Gasteiger partial charge on any atom is -0.456 e. The van der Waals surface area contributed by atoms with E-state index < -0.39 is 57.6 Å². The second-order valence-corrected chi connectivity index (χ2v) is 8.85. The lowest BCUT2D eigenvalue weighted by molar-refractivity contribution is -0.201. The van der Waals surface area contributed by atoms with Gasteiger partial charge in [-0.3, -0.25) is 8.58 Å². The van der Waals surface area contributed by atoms with Crippen LogP contribution in [0.2, 0.25) is 0 Å². The van der Waals surface area contributed by atoms with E-state index in [1.165, 1.54) is 12.3 Å². The molecule has 1 unspecified atom stereocenters. The number of hydrogen-bond acceptors (Lipinski definition) is 8. The van der Waals surface area contributed by atoms with E-state index in [0.717, 1.165) is 23.5 Å². The number of nitrogens with zero attached hydrogens (tertiary/aromatic N) is 3. The number of aryl methyl sites for hydroxylation is 1. The predicted molar refractivity (Wildman–Crippen MR) is 107 cm³/mol. The molecule has 2 heterocycles. The number of fused-ring (bicyclic) bond motifs is 1. The van der Waals surface area contributed by atoms with Crippen LogP contribution in [0, 0.1) is 6.92 Å². The SMILES string of the molecule is Cc1ccc(S(=O)(=O)OC(C)COC(=O)C(F)(F)F)cc1-c1cnc2c(N)nc(C(F)(F)F)cn12. The molecular weight excluding hydrogens is 510 g/mol. The number of rotatable bonds is 6. The molecule has 0 spiro atoms. The van der Waals surface area contributed by atoms with Crippen LogP contribution >= 0.6 is 0 Å². The summed E-state index contributed by atoms with van der Waals surface area (Å²) in [6.07, 6.45) is -9.73. The quantitative estimate of drug-likeness (QED) is 0.294. The normalized spacial score (nSPS) is 13.7. The number of hydrogen-bond donors (Lipinski definition) is 1. The Morgan fingerprint density at radius 1 is 1.20 bits per heavy atom. The number of alkyl halides is 6. The topological polar surface area (TPSA) is 126 Å². The van der Waals surface area contributed by atoms with Crippen LogP contribution in [0.4, 0.5) is 32.2 Å². The van der Waals surface area contributed by atoms with Gasteiger partial charge in [-0.1, -0.05) is 6.07 Å². The van der Waals surface area contributed by atoms with Gasteiger partial charge in [-0.25, -0.2) is 14.8 Å². The first-order valence-electron chi connectivity index (χ1n) is 9.49. The number of imidazole rings is 1. The van der Waals surface area contributed by atoms with Crippen LogP contribution in [-0.4, -0.2) is 47.6 Å². The Morgan fingerprint density at radius 2 is 1.86 bits per heavy atom. The molecule has 0 saturated heterocycles. The van der Waals surface area contributed by atoms with Crippen LogP contribution in [-0.2, 0) is 30.0 Å². The molecule has 9 nitrogen and oxygen atoms in total. The molecule has 190 valence electrons. The van der Waals surface area contributed by atoms with Crippen molar-refractivity contribution in [3.63, 3.8) is 0 Å². The highest BCUT2D eigenvalue weighted by atomic mass is 32.2. The van der Waals surface area contributed by atoms with Crippen LogP contribution in [0.15, 0.2) is 35.5 Å². The van der Waals surface area contributed by atoms with Crippen molar-refractivity contribution in [2.45, 2.75) is 37.2 Å². The highest BCUT2D eigenvalue weighted by molar-refractivity contribution is 7.86. The summed E-state index contributed by atoms with van der Waals surface area (Å²) >= 11 is 0. The van der Waals surface area contributed by atoms with E-state index in [1.54, 1.807) is 6.92 Å². The summed E-state index contributed by atoms with van der Waals surface area (Å²) in [5.41, 5.74) is 4.85. The van der Waals surface area contributed by atoms with Gasteiger partial charge in [-0.2, -0.15) is 34.8 Å².